The second-order valence-electron chi connectivity index (χ2n) is 6.89. The van der Waals surface area contributed by atoms with Crippen molar-refractivity contribution in [2.75, 3.05) is 20.2 Å². The van der Waals surface area contributed by atoms with E-state index in [9.17, 15) is 4.79 Å². The van der Waals surface area contributed by atoms with E-state index < -0.39 is 0 Å². The fourth-order valence-corrected chi connectivity index (χ4v) is 3.53. The summed E-state index contributed by atoms with van der Waals surface area (Å²) in [5.41, 5.74) is 2.85. The number of para-hydroxylation sites is 2. The molecule has 4 rings (SSSR count). The third-order valence-electron chi connectivity index (χ3n) is 4.97. The van der Waals surface area contributed by atoms with E-state index in [0.29, 0.717) is 17.0 Å². The first-order valence-corrected chi connectivity index (χ1v) is 9.56. The van der Waals surface area contributed by atoms with Crippen LogP contribution in [0.1, 0.15) is 23.2 Å². The molecule has 1 amide bonds. The van der Waals surface area contributed by atoms with Gasteiger partial charge in [-0.2, -0.15) is 5.10 Å². The Kier molecular flexibility index (Phi) is 5.39. The zero-order valence-electron chi connectivity index (χ0n) is 15.9. The lowest BCUT2D eigenvalue weighted by molar-refractivity contribution is 0.0931. The Morgan fingerprint density at radius 3 is 2.71 bits per heavy atom. The minimum atomic E-state index is -0.114. The average Bonchev–Trinajstić information content (AvgIpc) is 3.20. The van der Waals surface area contributed by atoms with Crippen molar-refractivity contribution in [2.24, 2.45) is 0 Å². The largest absolute Gasteiger partial charge is 0.496 e. The van der Waals surface area contributed by atoms with E-state index >= 15 is 0 Å². The summed E-state index contributed by atoms with van der Waals surface area (Å²) in [4.78, 5) is 13.1. The van der Waals surface area contributed by atoms with Gasteiger partial charge in [-0.3, -0.25) is 4.79 Å². The lowest BCUT2D eigenvalue weighted by Gasteiger charge is -2.23. The quantitative estimate of drug-likeness (QED) is 0.718. The molecular formula is C22H24N4O2. The number of rotatable bonds is 5. The first kappa shape index (κ1) is 18.3. The van der Waals surface area contributed by atoms with Crippen molar-refractivity contribution in [2.45, 2.75) is 18.9 Å². The number of hydrogen-bond donors (Lipinski definition) is 2. The summed E-state index contributed by atoms with van der Waals surface area (Å²) >= 11 is 0. The van der Waals surface area contributed by atoms with E-state index in [1.165, 1.54) is 0 Å². The molecule has 0 aliphatic carbocycles. The second kappa shape index (κ2) is 8.27. The molecule has 6 heteroatoms. The van der Waals surface area contributed by atoms with Crippen LogP contribution in [0.5, 0.6) is 5.75 Å². The number of ether oxygens (including phenoxy) is 1. The molecule has 28 heavy (non-hydrogen) atoms. The van der Waals surface area contributed by atoms with Crippen molar-refractivity contribution < 1.29 is 9.53 Å². The standard InChI is InChI=1S/C22H24N4O2/c1-28-20-12-6-5-11-18(20)21-19(22(27)24-16-8-7-13-23-14-16)15-26(25-21)17-9-3-2-4-10-17/h2-6,9-12,15-16,23H,7-8,13-14H2,1H3,(H,24,27). The molecule has 0 spiro atoms. The molecule has 144 valence electrons. The molecule has 3 aromatic rings. The highest BCUT2D eigenvalue weighted by Gasteiger charge is 2.23. The number of piperidine rings is 1. The van der Waals surface area contributed by atoms with Crippen LogP contribution >= 0.6 is 0 Å². The number of carbonyl (C=O) groups is 1. The summed E-state index contributed by atoms with van der Waals surface area (Å²) in [6, 6.07) is 17.6. The lowest BCUT2D eigenvalue weighted by Crippen LogP contribution is -2.45. The number of hydrogen-bond acceptors (Lipinski definition) is 4. The molecule has 1 aliphatic heterocycles. The van der Waals surface area contributed by atoms with Crippen molar-refractivity contribution in [3.05, 3.63) is 66.4 Å². The van der Waals surface area contributed by atoms with E-state index in [2.05, 4.69) is 10.6 Å². The molecule has 1 atom stereocenters. The molecule has 0 radical (unpaired) electrons. The van der Waals surface area contributed by atoms with Crippen molar-refractivity contribution in [3.8, 4) is 22.7 Å². The van der Waals surface area contributed by atoms with Gasteiger partial charge in [-0.05, 0) is 43.7 Å². The van der Waals surface area contributed by atoms with Gasteiger partial charge in [0.05, 0.1) is 18.4 Å². The van der Waals surface area contributed by atoms with Crippen molar-refractivity contribution >= 4 is 5.91 Å². The summed E-state index contributed by atoms with van der Waals surface area (Å²) in [6.45, 7) is 1.80. The van der Waals surface area contributed by atoms with E-state index in [1.807, 2.05) is 54.6 Å². The van der Waals surface area contributed by atoms with Gasteiger partial charge in [0.2, 0.25) is 0 Å². The van der Waals surface area contributed by atoms with Crippen LogP contribution < -0.4 is 15.4 Å². The van der Waals surface area contributed by atoms with E-state index in [1.54, 1.807) is 18.0 Å². The summed E-state index contributed by atoms with van der Waals surface area (Å²) in [5, 5.41) is 11.2. The zero-order chi connectivity index (χ0) is 19.3. The zero-order valence-corrected chi connectivity index (χ0v) is 15.9. The molecule has 1 aromatic heterocycles. The average molecular weight is 376 g/mol. The van der Waals surface area contributed by atoms with Gasteiger partial charge in [0.25, 0.3) is 5.91 Å². The Morgan fingerprint density at radius 1 is 1.18 bits per heavy atom. The molecule has 1 aliphatic rings. The van der Waals surface area contributed by atoms with Crippen LogP contribution in [0.3, 0.4) is 0 Å². The summed E-state index contributed by atoms with van der Waals surface area (Å²) in [5.74, 6) is 0.575. The molecule has 1 unspecified atom stereocenters. The number of amides is 1. The summed E-state index contributed by atoms with van der Waals surface area (Å²) in [6.07, 6.45) is 3.84. The molecule has 2 aromatic carbocycles. The minimum absolute atomic E-state index is 0.114. The predicted molar refractivity (Wildman–Crippen MR) is 109 cm³/mol. The molecule has 2 heterocycles. The predicted octanol–water partition coefficient (Wildman–Crippen LogP) is 3.03. The van der Waals surface area contributed by atoms with Crippen LogP contribution in [0.4, 0.5) is 0 Å². The first-order valence-electron chi connectivity index (χ1n) is 9.56. The van der Waals surface area contributed by atoms with E-state index in [-0.39, 0.29) is 11.9 Å². The monoisotopic (exact) mass is 376 g/mol. The van der Waals surface area contributed by atoms with Gasteiger partial charge in [-0.1, -0.05) is 30.3 Å². The third-order valence-corrected chi connectivity index (χ3v) is 4.97. The Morgan fingerprint density at radius 2 is 1.96 bits per heavy atom. The second-order valence-corrected chi connectivity index (χ2v) is 6.89. The fourth-order valence-electron chi connectivity index (χ4n) is 3.53. The highest BCUT2D eigenvalue weighted by atomic mass is 16.5. The summed E-state index contributed by atoms with van der Waals surface area (Å²) in [7, 11) is 1.63. The van der Waals surface area contributed by atoms with Crippen molar-refractivity contribution in [1.82, 2.24) is 20.4 Å². The number of methoxy groups -OCH3 is 1. The van der Waals surface area contributed by atoms with E-state index in [0.717, 1.165) is 37.2 Å². The van der Waals surface area contributed by atoms with Gasteiger partial charge < -0.3 is 15.4 Å². The molecule has 0 saturated carbocycles. The Hall–Kier alpha value is -3.12. The van der Waals surface area contributed by atoms with E-state index in [4.69, 9.17) is 9.84 Å². The van der Waals surface area contributed by atoms with Gasteiger partial charge in [-0.25, -0.2) is 4.68 Å². The lowest BCUT2D eigenvalue weighted by atomic mass is 10.0. The van der Waals surface area contributed by atoms with Gasteiger partial charge in [0.1, 0.15) is 11.4 Å². The fraction of sp³-hybridized carbons (Fsp3) is 0.273. The number of nitrogens with zero attached hydrogens (tertiary/aromatic N) is 2. The van der Waals surface area contributed by atoms with Gasteiger partial charge in [-0.15, -0.1) is 0 Å². The Balaban J connectivity index is 1.74. The summed E-state index contributed by atoms with van der Waals surface area (Å²) < 4.78 is 7.25. The number of carbonyl (C=O) groups excluding carboxylic acids is 1. The van der Waals surface area contributed by atoms with Crippen LogP contribution in [0.15, 0.2) is 60.8 Å². The first-order chi connectivity index (χ1) is 13.8. The SMILES string of the molecule is COc1ccccc1-c1nn(-c2ccccc2)cc1C(=O)NC1CCCNC1. The molecule has 6 nitrogen and oxygen atoms in total. The van der Waals surface area contributed by atoms with Crippen LogP contribution in [0.25, 0.3) is 16.9 Å². The van der Waals surface area contributed by atoms with Crippen LogP contribution in [-0.4, -0.2) is 41.9 Å². The molecule has 2 N–H and O–H groups in total. The highest BCUT2D eigenvalue weighted by Crippen LogP contribution is 2.31. The number of nitrogens with one attached hydrogen (secondary N) is 2. The van der Waals surface area contributed by atoms with Crippen LogP contribution in [0.2, 0.25) is 0 Å². The normalized spacial score (nSPS) is 16.5. The minimum Gasteiger partial charge on any atom is -0.496 e. The van der Waals surface area contributed by atoms with Crippen LogP contribution in [0, 0.1) is 0 Å². The maximum absolute atomic E-state index is 13.1. The Labute approximate surface area is 164 Å². The van der Waals surface area contributed by atoms with Crippen molar-refractivity contribution in [3.63, 3.8) is 0 Å². The van der Waals surface area contributed by atoms with Crippen LogP contribution in [-0.2, 0) is 0 Å². The van der Waals surface area contributed by atoms with Gasteiger partial charge in [0, 0.05) is 24.3 Å². The number of benzene rings is 2. The highest BCUT2D eigenvalue weighted by molar-refractivity contribution is 6.00. The van der Waals surface area contributed by atoms with Gasteiger partial charge in [0.15, 0.2) is 0 Å². The molecule has 0 bridgehead atoms. The molecule has 1 saturated heterocycles. The van der Waals surface area contributed by atoms with Crippen molar-refractivity contribution in [1.29, 1.82) is 0 Å². The maximum Gasteiger partial charge on any atom is 0.255 e. The smallest absolute Gasteiger partial charge is 0.255 e. The molecule has 1 fully saturated rings. The molecular weight excluding hydrogens is 352 g/mol. The maximum atomic E-state index is 13.1. The topological polar surface area (TPSA) is 68.2 Å². The Bertz CT molecular complexity index is 946. The van der Waals surface area contributed by atoms with Gasteiger partial charge >= 0.3 is 0 Å². The number of aromatic nitrogens is 2. The third kappa shape index (κ3) is 3.77.